The maximum absolute atomic E-state index is 11.0. The molecule has 0 radical (unpaired) electrons. The zero-order valence-corrected chi connectivity index (χ0v) is 11.3. The van der Waals surface area contributed by atoms with Crippen LogP contribution in [0.15, 0.2) is 36.0 Å². The molecule has 5 nitrogen and oxygen atoms in total. The summed E-state index contributed by atoms with van der Waals surface area (Å²) in [5.41, 5.74) is 1.74. The number of carboxylic acid groups (broad SMARTS) is 1. The van der Waals surface area contributed by atoms with Gasteiger partial charge in [-0.15, -0.1) is 11.3 Å². The third-order valence-electron chi connectivity index (χ3n) is 2.85. The van der Waals surface area contributed by atoms with Crippen molar-refractivity contribution in [3.05, 3.63) is 47.1 Å². The van der Waals surface area contributed by atoms with Gasteiger partial charge in [0.2, 0.25) is 5.88 Å². The van der Waals surface area contributed by atoms with Gasteiger partial charge >= 0.3 is 5.97 Å². The van der Waals surface area contributed by atoms with Crippen molar-refractivity contribution in [3.8, 4) is 11.6 Å². The van der Waals surface area contributed by atoms with Gasteiger partial charge in [-0.25, -0.2) is 14.8 Å². The molecule has 0 aliphatic carbocycles. The number of rotatable bonds is 3. The summed E-state index contributed by atoms with van der Waals surface area (Å²) in [6.07, 6.45) is 1.45. The minimum Gasteiger partial charge on any atom is -0.478 e. The summed E-state index contributed by atoms with van der Waals surface area (Å²) < 4.78 is 6.60. The maximum atomic E-state index is 11.0. The Morgan fingerprint density at radius 2 is 2.15 bits per heavy atom. The standard InChI is InChI=1S/C14H10N2O3S/c1-8-6-9(2-3-10(8)14(17)18)19-13-12-11(4-5-20-12)15-7-16-13/h2-7H,1H3,(H,17,18). The lowest BCUT2D eigenvalue weighted by Crippen LogP contribution is -1.99. The average molecular weight is 286 g/mol. The lowest BCUT2D eigenvalue weighted by Gasteiger charge is -2.07. The normalized spacial score (nSPS) is 10.7. The first-order valence-electron chi connectivity index (χ1n) is 5.85. The molecule has 20 heavy (non-hydrogen) atoms. The number of thiophene rings is 1. The zero-order chi connectivity index (χ0) is 14.1. The summed E-state index contributed by atoms with van der Waals surface area (Å²) in [7, 11) is 0. The molecule has 6 heteroatoms. The third-order valence-corrected chi connectivity index (χ3v) is 3.74. The number of hydrogen-bond acceptors (Lipinski definition) is 5. The fraction of sp³-hybridized carbons (Fsp3) is 0.0714. The highest BCUT2D eigenvalue weighted by Crippen LogP contribution is 2.31. The van der Waals surface area contributed by atoms with Crippen molar-refractivity contribution in [2.75, 3.05) is 0 Å². The van der Waals surface area contributed by atoms with Gasteiger partial charge in [-0.05, 0) is 42.1 Å². The van der Waals surface area contributed by atoms with E-state index in [0.29, 0.717) is 17.2 Å². The van der Waals surface area contributed by atoms with Crippen LogP contribution in [0.3, 0.4) is 0 Å². The summed E-state index contributed by atoms with van der Waals surface area (Å²) >= 11 is 1.50. The first-order valence-corrected chi connectivity index (χ1v) is 6.73. The Hall–Kier alpha value is -2.47. The van der Waals surface area contributed by atoms with Crippen molar-refractivity contribution in [3.63, 3.8) is 0 Å². The van der Waals surface area contributed by atoms with Crippen molar-refractivity contribution in [2.24, 2.45) is 0 Å². The molecule has 0 spiro atoms. The fourth-order valence-corrected chi connectivity index (χ4v) is 2.66. The number of aromatic carboxylic acids is 1. The molecule has 1 N–H and O–H groups in total. The molecule has 2 heterocycles. The van der Waals surface area contributed by atoms with E-state index in [4.69, 9.17) is 9.84 Å². The quantitative estimate of drug-likeness (QED) is 0.798. The predicted octanol–water partition coefficient (Wildman–Crippen LogP) is 3.49. The van der Waals surface area contributed by atoms with Gasteiger partial charge in [0, 0.05) is 0 Å². The average Bonchev–Trinajstić information content (AvgIpc) is 2.87. The van der Waals surface area contributed by atoms with Gasteiger partial charge in [0.05, 0.1) is 11.1 Å². The van der Waals surface area contributed by atoms with Gasteiger partial charge in [0.15, 0.2) is 0 Å². The van der Waals surface area contributed by atoms with Gasteiger partial charge in [0.25, 0.3) is 0 Å². The van der Waals surface area contributed by atoms with E-state index in [1.807, 2.05) is 11.4 Å². The summed E-state index contributed by atoms with van der Waals surface area (Å²) in [6, 6.07) is 6.73. The second-order valence-corrected chi connectivity index (χ2v) is 5.11. The van der Waals surface area contributed by atoms with Crippen LogP contribution in [0.2, 0.25) is 0 Å². The SMILES string of the molecule is Cc1cc(Oc2ncnc3ccsc23)ccc1C(=O)O. The zero-order valence-electron chi connectivity index (χ0n) is 10.5. The van der Waals surface area contributed by atoms with Crippen molar-refractivity contribution in [1.29, 1.82) is 0 Å². The molecule has 0 amide bonds. The Morgan fingerprint density at radius 3 is 2.90 bits per heavy atom. The minimum absolute atomic E-state index is 0.265. The second-order valence-electron chi connectivity index (χ2n) is 4.20. The van der Waals surface area contributed by atoms with Crippen LogP contribution in [-0.2, 0) is 0 Å². The molecule has 0 bridgehead atoms. The minimum atomic E-state index is -0.947. The van der Waals surface area contributed by atoms with Gasteiger partial charge in [0.1, 0.15) is 16.8 Å². The van der Waals surface area contributed by atoms with Gasteiger partial charge in [-0.2, -0.15) is 0 Å². The van der Waals surface area contributed by atoms with Gasteiger partial charge in [-0.3, -0.25) is 0 Å². The van der Waals surface area contributed by atoms with E-state index >= 15 is 0 Å². The Balaban J connectivity index is 1.97. The number of aryl methyl sites for hydroxylation is 1. The molecule has 0 saturated heterocycles. The molecule has 0 aliphatic heterocycles. The highest BCUT2D eigenvalue weighted by atomic mass is 32.1. The second kappa shape index (κ2) is 4.90. The number of ether oxygens (including phenoxy) is 1. The first-order chi connectivity index (χ1) is 9.65. The van der Waals surface area contributed by atoms with Crippen molar-refractivity contribution >= 4 is 27.5 Å². The first kappa shape index (κ1) is 12.6. The van der Waals surface area contributed by atoms with Gasteiger partial charge in [-0.1, -0.05) is 0 Å². The van der Waals surface area contributed by atoms with E-state index in [9.17, 15) is 4.79 Å². The Labute approximate surface area is 118 Å². The van der Waals surface area contributed by atoms with Crippen LogP contribution < -0.4 is 4.74 Å². The third kappa shape index (κ3) is 2.21. The molecule has 3 rings (SSSR count). The Kier molecular flexibility index (Phi) is 3.08. The predicted molar refractivity (Wildman–Crippen MR) is 75.6 cm³/mol. The number of benzene rings is 1. The smallest absolute Gasteiger partial charge is 0.335 e. The molecule has 0 atom stereocenters. The van der Waals surface area contributed by atoms with Crippen LogP contribution in [-0.4, -0.2) is 21.0 Å². The summed E-state index contributed by atoms with van der Waals surface area (Å²) in [5, 5.41) is 10.9. The van der Waals surface area contributed by atoms with Crippen molar-refractivity contribution in [1.82, 2.24) is 9.97 Å². The number of nitrogens with zero attached hydrogens (tertiary/aromatic N) is 2. The molecular formula is C14H10N2O3S. The fourth-order valence-electron chi connectivity index (χ4n) is 1.89. The largest absolute Gasteiger partial charge is 0.478 e. The molecule has 1 aromatic carbocycles. The molecule has 0 saturated carbocycles. The lowest BCUT2D eigenvalue weighted by atomic mass is 10.1. The van der Waals surface area contributed by atoms with Crippen LogP contribution in [0.25, 0.3) is 10.2 Å². The number of carboxylic acids is 1. The molecule has 0 unspecified atom stereocenters. The number of aromatic nitrogens is 2. The Bertz CT molecular complexity index is 798. The highest BCUT2D eigenvalue weighted by Gasteiger charge is 2.10. The summed E-state index contributed by atoms with van der Waals surface area (Å²) in [4.78, 5) is 19.2. The van der Waals surface area contributed by atoms with E-state index in [1.165, 1.54) is 23.7 Å². The topological polar surface area (TPSA) is 72.3 Å². The molecular weight excluding hydrogens is 276 g/mol. The molecule has 100 valence electrons. The van der Waals surface area contributed by atoms with Crippen LogP contribution in [0, 0.1) is 6.92 Å². The molecule has 3 aromatic rings. The van der Waals surface area contributed by atoms with E-state index in [1.54, 1.807) is 19.1 Å². The van der Waals surface area contributed by atoms with Crippen LogP contribution in [0.5, 0.6) is 11.6 Å². The van der Waals surface area contributed by atoms with Crippen molar-refractivity contribution in [2.45, 2.75) is 6.92 Å². The van der Waals surface area contributed by atoms with Crippen LogP contribution >= 0.6 is 11.3 Å². The number of carbonyl (C=O) groups is 1. The number of fused-ring (bicyclic) bond motifs is 1. The highest BCUT2D eigenvalue weighted by molar-refractivity contribution is 7.17. The molecule has 0 aliphatic rings. The monoisotopic (exact) mass is 286 g/mol. The summed E-state index contributed by atoms with van der Waals surface area (Å²) in [6.45, 7) is 1.73. The molecule has 0 fully saturated rings. The Morgan fingerprint density at radius 1 is 1.30 bits per heavy atom. The lowest BCUT2D eigenvalue weighted by molar-refractivity contribution is 0.0696. The summed E-state index contributed by atoms with van der Waals surface area (Å²) in [5.74, 6) is 0.0881. The van der Waals surface area contributed by atoms with E-state index < -0.39 is 5.97 Å². The van der Waals surface area contributed by atoms with Crippen LogP contribution in [0.4, 0.5) is 0 Å². The van der Waals surface area contributed by atoms with Gasteiger partial charge < -0.3 is 9.84 Å². The van der Waals surface area contributed by atoms with Crippen LogP contribution in [0.1, 0.15) is 15.9 Å². The van der Waals surface area contributed by atoms with E-state index in [0.717, 1.165) is 10.2 Å². The van der Waals surface area contributed by atoms with E-state index in [2.05, 4.69) is 9.97 Å². The van der Waals surface area contributed by atoms with E-state index in [-0.39, 0.29) is 5.56 Å². The molecule has 2 aromatic heterocycles. The van der Waals surface area contributed by atoms with Crippen molar-refractivity contribution < 1.29 is 14.6 Å². The maximum Gasteiger partial charge on any atom is 0.335 e. The number of hydrogen-bond donors (Lipinski definition) is 1.